The molecule has 0 spiro atoms. The highest BCUT2D eigenvalue weighted by molar-refractivity contribution is 7.96. The fraction of sp³-hybridized carbons (Fsp3) is 0.0952. The molecule has 1 heterocycles. The normalized spacial score (nSPS) is 17.0. The van der Waals surface area contributed by atoms with Crippen molar-refractivity contribution in [2.75, 3.05) is 6.61 Å². The van der Waals surface area contributed by atoms with E-state index in [1.54, 1.807) is 0 Å². The Labute approximate surface area is 148 Å². The minimum absolute atomic E-state index is 0.0767. The van der Waals surface area contributed by atoms with E-state index in [1.807, 2.05) is 18.2 Å². The average Bonchev–Trinajstić information content (AvgIpc) is 3.12. The molecule has 124 valence electrons. The number of rotatable bonds is 4. The molecule has 0 radical (unpaired) electrons. The van der Waals surface area contributed by atoms with Crippen LogP contribution in [0.2, 0.25) is 0 Å². The molecule has 0 aliphatic carbocycles. The summed E-state index contributed by atoms with van der Waals surface area (Å²) >= 11 is 0. The van der Waals surface area contributed by atoms with Gasteiger partial charge in [-0.1, -0.05) is 54.6 Å². The maximum absolute atomic E-state index is 11.9. The lowest BCUT2D eigenvalue weighted by Gasteiger charge is -2.31. The van der Waals surface area contributed by atoms with Crippen LogP contribution in [0, 0.1) is 0 Å². The van der Waals surface area contributed by atoms with Crippen LogP contribution in [0.3, 0.4) is 0 Å². The molecular formula is C21H19NO2P+. The van der Waals surface area contributed by atoms with E-state index in [-0.39, 0.29) is 11.9 Å². The Hall–Kier alpha value is -2.64. The summed E-state index contributed by atoms with van der Waals surface area (Å²) < 4.78 is 5.31. The lowest BCUT2D eigenvalue weighted by Crippen LogP contribution is -2.44. The van der Waals surface area contributed by atoms with Gasteiger partial charge >= 0.3 is 6.09 Å². The van der Waals surface area contributed by atoms with Gasteiger partial charge in [0.15, 0.2) is 5.78 Å². The molecule has 1 N–H and O–H groups in total. The first-order valence-corrected chi connectivity index (χ1v) is 10.2. The van der Waals surface area contributed by atoms with Crippen molar-refractivity contribution in [3.8, 4) is 0 Å². The van der Waals surface area contributed by atoms with Crippen LogP contribution in [0.5, 0.6) is 0 Å². The molecule has 3 aromatic carbocycles. The van der Waals surface area contributed by atoms with Gasteiger partial charge in [0.2, 0.25) is 0 Å². The fourth-order valence-corrected chi connectivity index (χ4v) is 8.06. The molecule has 0 saturated carbocycles. The zero-order chi connectivity index (χ0) is 17.1. The Bertz CT molecular complexity index is 756. The quantitative estimate of drug-likeness (QED) is 0.736. The average molecular weight is 348 g/mol. The Kier molecular flexibility index (Phi) is 4.25. The number of alkyl carbamates (subject to hydrolysis) is 1. The van der Waals surface area contributed by atoms with Crippen molar-refractivity contribution >= 4 is 29.3 Å². The molecule has 1 saturated heterocycles. The van der Waals surface area contributed by atoms with Crippen LogP contribution in [0.15, 0.2) is 91.0 Å². The Balaban J connectivity index is 2.03. The van der Waals surface area contributed by atoms with Crippen LogP contribution in [0.4, 0.5) is 4.79 Å². The van der Waals surface area contributed by atoms with Gasteiger partial charge in [-0.15, -0.1) is 0 Å². The molecule has 0 unspecified atom stereocenters. The van der Waals surface area contributed by atoms with Crippen molar-refractivity contribution in [2.45, 2.75) is 5.78 Å². The zero-order valence-corrected chi connectivity index (χ0v) is 14.6. The molecule has 1 amide bonds. The van der Waals surface area contributed by atoms with Gasteiger partial charge in [-0.05, 0) is 36.4 Å². The molecule has 3 aromatic rings. The number of cyclic esters (lactones) is 1. The summed E-state index contributed by atoms with van der Waals surface area (Å²) in [6.45, 7) is 0.380. The van der Waals surface area contributed by atoms with Crippen LogP contribution >= 0.6 is 7.26 Å². The van der Waals surface area contributed by atoms with Gasteiger partial charge in [0.25, 0.3) is 0 Å². The predicted octanol–water partition coefficient (Wildman–Crippen LogP) is 3.05. The topological polar surface area (TPSA) is 38.3 Å². The molecule has 4 heteroatoms. The number of amides is 1. The fourth-order valence-electron chi connectivity index (χ4n) is 3.56. The van der Waals surface area contributed by atoms with Gasteiger partial charge in [0, 0.05) is 0 Å². The third kappa shape index (κ3) is 2.71. The molecule has 1 atom stereocenters. The Morgan fingerprint density at radius 2 is 1.12 bits per heavy atom. The van der Waals surface area contributed by atoms with Crippen molar-refractivity contribution in [1.29, 1.82) is 0 Å². The molecule has 1 aliphatic rings. The number of hydrogen-bond donors (Lipinski definition) is 1. The molecule has 0 bridgehead atoms. The first kappa shape index (κ1) is 15.9. The number of carbonyl (C=O) groups is 1. The first-order chi connectivity index (χ1) is 12.3. The van der Waals surface area contributed by atoms with Crippen molar-refractivity contribution in [1.82, 2.24) is 5.32 Å². The van der Waals surface area contributed by atoms with E-state index in [2.05, 4.69) is 78.1 Å². The Morgan fingerprint density at radius 1 is 0.720 bits per heavy atom. The summed E-state index contributed by atoms with van der Waals surface area (Å²) in [6.07, 6.45) is -0.336. The third-order valence-electron chi connectivity index (χ3n) is 4.61. The van der Waals surface area contributed by atoms with Gasteiger partial charge in [0.1, 0.15) is 29.8 Å². The van der Waals surface area contributed by atoms with Gasteiger partial charge in [-0.3, -0.25) is 5.32 Å². The standard InChI is InChI=1S/C21H18NO2P/c23-21-22-20(16-24-21)25(17-10-4-1-5-11-17,18-12-6-2-7-13-18)19-14-8-3-9-15-19/h1-15,20H,16H2/p+1/t20-/m0/s1. The van der Waals surface area contributed by atoms with Gasteiger partial charge in [-0.2, -0.15) is 0 Å². The molecule has 4 rings (SSSR count). The lowest BCUT2D eigenvalue weighted by atomic mass is 10.4. The second-order valence-electron chi connectivity index (χ2n) is 5.99. The zero-order valence-electron chi connectivity index (χ0n) is 13.7. The Morgan fingerprint density at radius 3 is 1.44 bits per heavy atom. The minimum atomic E-state index is -2.10. The van der Waals surface area contributed by atoms with Gasteiger partial charge in [0.05, 0.1) is 0 Å². The largest absolute Gasteiger partial charge is 0.443 e. The predicted molar refractivity (Wildman–Crippen MR) is 103 cm³/mol. The van der Waals surface area contributed by atoms with E-state index in [4.69, 9.17) is 4.74 Å². The summed E-state index contributed by atoms with van der Waals surface area (Å²) in [5.74, 6) is -0.0767. The SMILES string of the molecule is O=C1N[C@@H]([P+](c2ccccc2)(c2ccccc2)c2ccccc2)CO1. The summed E-state index contributed by atoms with van der Waals surface area (Å²) in [5.41, 5.74) is 0. The van der Waals surface area contributed by atoms with E-state index < -0.39 is 7.26 Å². The van der Waals surface area contributed by atoms with Crippen LogP contribution in [0.1, 0.15) is 0 Å². The summed E-state index contributed by atoms with van der Waals surface area (Å²) in [7, 11) is -2.10. The lowest BCUT2D eigenvalue weighted by molar-refractivity contribution is 0.178. The summed E-state index contributed by atoms with van der Waals surface area (Å²) in [5, 5.41) is 6.80. The van der Waals surface area contributed by atoms with Gasteiger partial charge < -0.3 is 4.74 Å². The molecule has 1 aliphatic heterocycles. The number of ether oxygens (including phenoxy) is 1. The minimum Gasteiger partial charge on any atom is -0.443 e. The van der Waals surface area contributed by atoms with Crippen LogP contribution in [-0.2, 0) is 4.74 Å². The van der Waals surface area contributed by atoms with Crippen molar-refractivity contribution in [3.63, 3.8) is 0 Å². The number of nitrogens with one attached hydrogen (secondary N) is 1. The van der Waals surface area contributed by atoms with E-state index in [1.165, 1.54) is 15.9 Å². The maximum Gasteiger partial charge on any atom is 0.410 e. The van der Waals surface area contributed by atoms with Crippen molar-refractivity contribution in [2.24, 2.45) is 0 Å². The van der Waals surface area contributed by atoms with Crippen LogP contribution in [0.25, 0.3) is 0 Å². The molecule has 3 nitrogen and oxygen atoms in total. The second kappa shape index (κ2) is 6.70. The van der Waals surface area contributed by atoms with E-state index in [0.29, 0.717) is 6.61 Å². The summed E-state index contributed by atoms with van der Waals surface area (Å²) in [4.78, 5) is 11.9. The molecule has 0 aromatic heterocycles. The number of carbonyl (C=O) groups excluding carboxylic acids is 1. The van der Waals surface area contributed by atoms with E-state index in [0.717, 1.165) is 0 Å². The van der Waals surface area contributed by atoms with Crippen molar-refractivity contribution in [3.05, 3.63) is 91.0 Å². The highest BCUT2D eigenvalue weighted by Crippen LogP contribution is 2.59. The monoisotopic (exact) mass is 348 g/mol. The van der Waals surface area contributed by atoms with Crippen molar-refractivity contribution < 1.29 is 9.53 Å². The molecule has 25 heavy (non-hydrogen) atoms. The smallest absolute Gasteiger partial charge is 0.410 e. The van der Waals surface area contributed by atoms with Crippen LogP contribution < -0.4 is 21.2 Å². The van der Waals surface area contributed by atoms with E-state index in [9.17, 15) is 4.79 Å². The van der Waals surface area contributed by atoms with Gasteiger partial charge in [-0.25, -0.2) is 4.79 Å². The first-order valence-electron chi connectivity index (χ1n) is 8.30. The maximum atomic E-state index is 11.9. The molecular weight excluding hydrogens is 329 g/mol. The molecule has 1 fully saturated rings. The second-order valence-corrected chi connectivity index (χ2v) is 9.61. The third-order valence-corrected chi connectivity index (χ3v) is 9.17. The highest BCUT2D eigenvalue weighted by Gasteiger charge is 2.55. The van der Waals surface area contributed by atoms with Crippen LogP contribution in [-0.4, -0.2) is 18.5 Å². The number of benzene rings is 3. The number of hydrogen-bond acceptors (Lipinski definition) is 2. The highest BCUT2D eigenvalue weighted by atomic mass is 31.2. The summed E-state index contributed by atoms with van der Waals surface area (Å²) in [6, 6.07) is 31.4. The van der Waals surface area contributed by atoms with E-state index >= 15 is 0 Å².